The van der Waals surface area contributed by atoms with E-state index in [1.54, 1.807) is 12.1 Å². The molecule has 0 bridgehead atoms. The predicted molar refractivity (Wildman–Crippen MR) is 89.1 cm³/mol. The molecule has 0 saturated carbocycles. The molecule has 0 spiro atoms. The predicted octanol–water partition coefficient (Wildman–Crippen LogP) is 4.37. The van der Waals surface area contributed by atoms with Crippen LogP contribution in [-0.4, -0.2) is 16.6 Å². The van der Waals surface area contributed by atoms with Gasteiger partial charge in [0.1, 0.15) is 10.7 Å². The smallest absolute Gasteiger partial charge is 0.375 e. The van der Waals surface area contributed by atoms with Crippen LogP contribution >= 0.6 is 23.2 Å². The quantitative estimate of drug-likeness (QED) is 0.830. The number of fused-ring (bicyclic) bond motifs is 1. The fourth-order valence-electron chi connectivity index (χ4n) is 2.43. The van der Waals surface area contributed by atoms with E-state index in [0.717, 1.165) is 6.07 Å². The van der Waals surface area contributed by atoms with Crippen LogP contribution in [0.5, 0.6) is 0 Å². The van der Waals surface area contributed by atoms with Crippen molar-refractivity contribution < 1.29 is 22.8 Å². The van der Waals surface area contributed by atoms with E-state index in [4.69, 9.17) is 23.2 Å². The molecule has 1 aliphatic carbocycles. The summed E-state index contributed by atoms with van der Waals surface area (Å²) in [4.78, 5) is 28.4. The van der Waals surface area contributed by atoms with Crippen LogP contribution in [0.25, 0.3) is 0 Å². The molecule has 0 atom stereocenters. The van der Waals surface area contributed by atoms with Crippen molar-refractivity contribution in [2.24, 2.45) is 0 Å². The second-order valence-electron chi connectivity index (χ2n) is 5.40. The number of rotatable bonds is 3. The van der Waals surface area contributed by atoms with Gasteiger partial charge in [0.15, 0.2) is 0 Å². The number of benzene rings is 1. The second-order valence-corrected chi connectivity index (χ2v) is 6.18. The number of nitrogens with one attached hydrogen (secondary N) is 1. The summed E-state index contributed by atoms with van der Waals surface area (Å²) in [6.45, 7) is -0.177. The van der Waals surface area contributed by atoms with Gasteiger partial charge in [-0.3, -0.25) is 14.6 Å². The topological polar surface area (TPSA) is 59.1 Å². The molecule has 2 aromatic rings. The zero-order chi connectivity index (χ0) is 19.1. The average molecular weight is 401 g/mol. The lowest BCUT2D eigenvalue weighted by Crippen LogP contribution is -2.29. The number of alkyl halides is 3. The Morgan fingerprint density at radius 3 is 2.23 bits per heavy atom. The van der Waals surface area contributed by atoms with Crippen LogP contribution in [0.3, 0.4) is 0 Å². The highest BCUT2D eigenvalue weighted by atomic mass is 35.5. The number of nitrogens with zero attached hydrogens (tertiary/aromatic N) is 1. The van der Waals surface area contributed by atoms with Crippen molar-refractivity contribution >= 4 is 34.8 Å². The summed E-state index contributed by atoms with van der Waals surface area (Å²) in [5, 5.41) is 2.14. The van der Waals surface area contributed by atoms with Gasteiger partial charge in [-0.2, -0.15) is 13.2 Å². The maximum Gasteiger partial charge on any atom is 0.417 e. The molecule has 0 unspecified atom stereocenters. The summed E-state index contributed by atoms with van der Waals surface area (Å²) in [6, 6.07) is 6.94. The molecule has 3 rings (SSSR count). The van der Waals surface area contributed by atoms with Crippen LogP contribution in [0.4, 0.5) is 13.2 Å². The number of aromatic nitrogens is 1. The van der Waals surface area contributed by atoms with Gasteiger partial charge in [0.2, 0.25) is 11.6 Å². The first-order valence-electron chi connectivity index (χ1n) is 7.24. The van der Waals surface area contributed by atoms with Crippen molar-refractivity contribution in [3.8, 4) is 0 Å². The Labute approximate surface area is 155 Å². The van der Waals surface area contributed by atoms with Crippen molar-refractivity contribution in [2.45, 2.75) is 12.7 Å². The summed E-state index contributed by atoms with van der Waals surface area (Å²) < 4.78 is 37.9. The van der Waals surface area contributed by atoms with Crippen LogP contribution < -0.4 is 5.32 Å². The van der Waals surface area contributed by atoms with E-state index in [1.165, 1.54) is 12.1 Å². The summed E-state index contributed by atoms with van der Waals surface area (Å²) in [5.74, 6) is -1.01. The van der Waals surface area contributed by atoms with E-state index < -0.39 is 23.3 Å². The number of carbonyl (C=O) groups excluding carboxylic acids is 2. The minimum Gasteiger partial charge on any atom is -0.375 e. The largest absolute Gasteiger partial charge is 0.417 e. The molecule has 1 aliphatic rings. The molecule has 0 aliphatic heterocycles. The fraction of sp³-hybridized carbons (Fsp3) is 0.118. The van der Waals surface area contributed by atoms with Crippen molar-refractivity contribution in [1.82, 2.24) is 10.3 Å². The second kappa shape index (κ2) is 6.74. The molecular formula is C17H9Cl2F3N2O2. The van der Waals surface area contributed by atoms with Gasteiger partial charge >= 0.3 is 6.18 Å². The first-order chi connectivity index (χ1) is 12.2. The number of halogens is 5. The highest BCUT2D eigenvalue weighted by Crippen LogP contribution is 2.31. The third-order valence-corrected chi connectivity index (χ3v) is 4.43. The molecule has 26 heavy (non-hydrogen) atoms. The van der Waals surface area contributed by atoms with Gasteiger partial charge < -0.3 is 5.32 Å². The van der Waals surface area contributed by atoms with Gasteiger partial charge in [-0.1, -0.05) is 47.5 Å². The molecular weight excluding hydrogens is 392 g/mol. The van der Waals surface area contributed by atoms with Crippen molar-refractivity contribution in [3.63, 3.8) is 0 Å². The molecule has 9 heteroatoms. The third kappa shape index (κ3) is 3.32. The van der Waals surface area contributed by atoms with Gasteiger partial charge in [0, 0.05) is 17.3 Å². The fourth-order valence-corrected chi connectivity index (χ4v) is 2.91. The first-order valence-corrected chi connectivity index (χ1v) is 7.99. The Kier molecular flexibility index (Phi) is 4.77. The van der Waals surface area contributed by atoms with Crippen molar-refractivity contribution in [1.29, 1.82) is 0 Å². The molecule has 0 radical (unpaired) electrons. The number of hydrogen-bond donors (Lipinski definition) is 1. The van der Waals surface area contributed by atoms with Crippen molar-refractivity contribution in [3.05, 3.63) is 74.7 Å². The van der Waals surface area contributed by atoms with Crippen LogP contribution in [0.15, 0.2) is 47.3 Å². The summed E-state index contributed by atoms with van der Waals surface area (Å²) in [6.07, 6.45) is -3.92. The van der Waals surface area contributed by atoms with Crippen molar-refractivity contribution in [2.75, 3.05) is 0 Å². The Morgan fingerprint density at radius 2 is 1.65 bits per heavy atom. The van der Waals surface area contributed by atoms with E-state index in [-0.39, 0.29) is 39.1 Å². The first kappa shape index (κ1) is 18.4. The average Bonchev–Trinajstić information content (AvgIpc) is 2.60. The zero-order valence-corrected chi connectivity index (χ0v) is 14.3. The normalized spacial score (nSPS) is 14.5. The lowest BCUT2D eigenvalue weighted by atomic mass is 9.92. The number of Topliss-reactive ketones (excluding diaryl/α,β-unsaturated/α-hetero) is 2. The molecule has 1 aromatic heterocycles. The van der Waals surface area contributed by atoms with Gasteiger partial charge in [-0.05, 0) is 6.07 Å². The number of ketones is 2. The molecule has 1 aromatic carbocycles. The van der Waals surface area contributed by atoms with Gasteiger partial charge in [0.05, 0.1) is 22.8 Å². The summed E-state index contributed by atoms with van der Waals surface area (Å²) in [5.41, 5.74) is -0.667. The van der Waals surface area contributed by atoms with E-state index in [2.05, 4.69) is 10.3 Å². The number of pyridine rings is 1. The summed E-state index contributed by atoms with van der Waals surface area (Å²) >= 11 is 11.8. The van der Waals surface area contributed by atoms with Gasteiger partial charge in [0.25, 0.3) is 0 Å². The molecule has 0 fully saturated rings. The third-order valence-electron chi connectivity index (χ3n) is 3.74. The molecule has 134 valence electrons. The minimum atomic E-state index is -4.57. The number of hydrogen-bond acceptors (Lipinski definition) is 4. The Morgan fingerprint density at radius 1 is 1.04 bits per heavy atom. The van der Waals surface area contributed by atoms with Gasteiger partial charge in [-0.25, -0.2) is 0 Å². The Balaban J connectivity index is 1.85. The van der Waals surface area contributed by atoms with Crippen LogP contribution in [0, 0.1) is 0 Å². The SMILES string of the molecule is O=C1C(Cl)=C(NCc2ncc(C(F)(F)F)cc2Cl)C(=O)c2ccccc21. The monoisotopic (exact) mass is 400 g/mol. The maximum absolute atomic E-state index is 12.6. The molecule has 4 nitrogen and oxygen atoms in total. The number of carbonyl (C=O) groups is 2. The highest BCUT2D eigenvalue weighted by Gasteiger charge is 2.33. The lowest BCUT2D eigenvalue weighted by Gasteiger charge is -2.19. The Bertz CT molecular complexity index is 955. The highest BCUT2D eigenvalue weighted by molar-refractivity contribution is 6.49. The van der Waals surface area contributed by atoms with Gasteiger partial charge in [-0.15, -0.1) is 0 Å². The minimum absolute atomic E-state index is 0.0794. The maximum atomic E-state index is 12.6. The molecule has 0 amide bonds. The molecule has 1 N–H and O–H groups in total. The molecule has 0 saturated heterocycles. The standard InChI is InChI=1S/C17H9Cl2F3N2O2/c18-11-5-8(17(20,21)22)6-23-12(11)7-24-14-13(19)15(25)9-3-1-2-4-10(9)16(14)26/h1-6,24H,7H2. The molecule has 1 heterocycles. The van der Waals surface area contributed by atoms with Crippen LogP contribution in [0.1, 0.15) is 32.0 Å². The zero-order valence-electron chi connectivity index (χ0n) is 12.8. The lowest BCUT2D eigenvalue weighted by molar-refractivity contribution is -0.137. The Hall–Kier alpha value is -2.38. The van der Waals surface area contributed by atoms with E-state index in [0.29, 0.717) is 6.20 Å². The van der Waals surface area contributed by atoms with Crippen LogP contribution in [-0.2, 0) is 12.7 Å². The van der Waals surface area contributed by atoms with E-state index in [9.17, 15) is 22.8 Å². The van der Waals surface area contributed by atoms with E-state index >= 15 is 0 Å². The van der Waals surface area contributed by atoms with Crippen LogP contribution in [0.2, 0.25) is 5.02 Å². The van der Waals surface area contributed by atoms with E-state index in [1.807, 2.05) is 0 Å². The summed E-state index contributed by atoms with van der Waals surface area (Å²) in [7, 11) is 0. The number of allylic oxidation sites excluding steroid dienone is 2.